The molecule has 1 N–H and O–H groups in total. The van der Waals surface area contributed by atoms with Gasteiger partial charge in [-0.15, -0.1) is 0 Å². The zero-order chi connectivity index (χ0) is 12.6. The lowest BCUT2D eigenvalue weighted by atomic mass is 10.1. The number of fused-ring (bicyclic) bond motifs is 1. The summed E-state index contributed by atoms with van der Waals surface area (Å²) >= 11 is 0. The SMILES string of the molecule is CNC(C)(C)CN1C(=O)c2ccccc2C1=O. The quantitative estimate of drug-likeness (QED) is 0.799. The molecule has 2 rings (SSSR count). The molecule has 2 amide bonds. The first-order valence-corrected chi connectivity index (χ1v) is 5.60. The van der Waals surface area contributed by atoms with E-state index in [-0.39, 0.29) is 17.4 Å². The van der Waals surface area contributed by atoms with E-state index < -0.39 is 0 Å². The molecule has 0 unspecified atom stereocenters. The van der Waals surface area contributed by atoms with Crippen molar-refractivity contribution in [2.75, 3.05) is 13.6 Å². The molecule has 0 fully saturated rings. The number of amides is 2. The molecule has 0 atom stereocenters. The van der Waals surface area contributed by atoms with Gasteiger partial charge in [-0.1, -0.05) is 12.1 Å². The fourth-order valence-electron chi connectivity index (χ4n) is 1.86. The van der Waals surface area contributed by atoms with Crippen LogP contribution in [0.15, 0.2) is 24.3 Å². The van der Waals surface area contributed by atoms with Crippen molar-refractivity contribution >= 4 is 11.8 Å². The predicted molar refractivity (Wildman–Crippen MR) is 64.9 cm³/mol. The van der Waals surface area contributed by atoms with Crippen LogP contribution in [0.1, 0.15) is 34.6 Å². The van der Waals surface area contributed by atoms with Crippen LogP contribution in [0.4, 0.5) is 0 Å². The third-order valence-electron chi connectivity index (χ3n) is 3.11. The molecule has 17 heavy (non-hydrogen) atoms. The highest BCUT2D eigenvalue weighted by atomic mass is 16.2. The molecule has 0 aromatic heterocycles. The van der Waals surface area contributed by atoms with Crippen LogP contribution in [0.3, 0.4) is 0 Å². The van der Waals surface area contributed by atoms with Gasteiger partial charge in [0.1, 0.15) is 0 Å². The Hall–Kier alpha value is -1.68. The third-order valence-corrected chi connectivity index (χ3v) is 3.11. The number of benzene rings is 1. The first-order chi connectivity index (χ1) is 7.96. The van der Waals surface area contributed by atoms with Crippen LogP contribution >= 0.6 is 0 Å². The van der Waals surface area contributed by atoms with E-state index in [2.05, 4.69) is 5.32 Å². The first-order valence-electron chi connectivity index (χ1n) is 5.60. The van der Waals surface area contributed by atoms with Crippen molar-refractivity contribution in [2.45, 2.75) is 19.4 Å². The normalized spacial score (nSPS) is 15.4. The largest absolute Gasteiger partial charge is 0.313 e. The van der Waals surface area contributed by atoms with Gasteiger partial charge < -0.3 is 5.32 Å². The number of hydrogen-bond donors (Lipinski definition) is 1. The molecule has 0 aliphatic carbocycles. The highest BCUT2D eigenvalue weighted by molar-refractivity contribution is 6.21. The summed E-state index contributed by atoms with van der Waals surface area (Å²) in [5.41, 5.74) is 0.724. The van der Waals surface area contributed by atoms with E-state index >= 15 is 0 Å². The number of nitrogens with one attached hydrogen (secondary N) is 1. The number of nitrogens with zero attached hydrogens (tertiary/aromatic N) is 1. The summed E-state index contributed by atoms with van der Waals surface area (Å²) in [6.07, 6.45) is 0. The van der Waals surface area contributed by atoms with Crippen LogP contribution in [0.2, 0.25) is 0 Å². The Morgan fingerprint density at radius 2 is 1.59 bits per heavy atom. The van der Waals surface area contributed by atoms with E-state index in [9.17, 15) is 9.59 Å². The summed E-state index contributed by atoms with van der Waals surface area (Å²) in [7, 11) is 1.82. The van der Waals surface area contributed by atoms with Gasteiger partial charge in [0.15, 0.2) is 0 Å². The highest BCUT2D eigenvalue weighted by Crippen LogP contribution is 2.23. The fraction of sp³-hybridized carbons (Fsp3) is 0.385. The van der Waals surface area contributed by atoms with Crippen LogP contribution in [-0.2, 0) is 0 Å². The minimum absolute atomic E-state index is 0.200. The topological polar surface area (TPSA) is 49.4 Å². The Balaban J connectivity index is 2.31. The average molecular weight is 232 g/mol. The lowest BCUT2D eigenvalue weighted by molar-refractivity contribution is 0.0615. The van der Waals surface area contributed by atoms with Gasteiger partial charge in [0.25, 0.3) is 11.8 Å². The van der Waals surface area contributed by atoms with Gasteiger partial charge in [-0.25, -0.2) is 0 Å². The number of imide groups is 1. The lowest BCUT2D eigenvalue weighted by Crippen LogP contribution is -2.49. The molecule has 0 spiro atoms. The van der Waals surface area contributed by atoms with Crippen LogP contribution in [-0.4, -0.2) is 35.8 Å². The van der Waals surface area contributed by atoms with E-state index in [1.165, 1.54) is 4.90 Å². The van der Waals surface area contributed by atoms with Gasteiger partial charge >= 0.3 is 0 Å². The monoisotopic (exact) mass is 232 g/mol. The van der Waals surface area contributed by atoms with Crippen molar-refractivity contribution in [3.8, 4) is 0 Å². The molecule has 0 saturated heterocycles. The van der Waals surface area contributed by atoms with E-state index in [0.717, 1.165) is 0 Å². The van der Waals surface area contributed by atoms with E-state index in [4.69, 9.17) is 0 Å². The van der Waals surface area contributed by atoms with Gasteiger partial charge in [0.2, 0.25) is 0 Å². The lowest BCUT2D eigenvalue weighted by Gasteiger charge is -2.28. The van der Waals surface area contributed by atoms with Crippen LogP contribution < -0.4 is 5.32 Å². The maximum absolute atomic E-state index is 12.1. The number of hydrogen-bond acceptors (Lipinski definition) is 3. The second-order valence-electron chi connectivity index (χ2n) is 4.88. The van der Waals surface area contributed by atoms with Gasteiger partial charge in [-0.05, 0) is 33.0 Å². The van der Waals surface area contributed by atoms with Crippen LogP contribution in [0.5, 0.6) is 0 Å². The Bertz CT molecular complexity index is 445. The van der Waals surface area contributed by atoms with Gasteiger partial charge in [0.05, 0.1) is 11.1 Å². The molecule has 0 saturated carbocycles. The Morgan fingerprint density at radius 1 is 1.12 bits per heavy atom. The highest BCUT2D eigenvalue weighted by Gasteiger charge is 2.37. The number of carbonyl (C=O) groups is 2. The van der Waals surface area contributed by atoms with E-state index in [1.54, 1.807) is 24.3 Å². The van der Waals surface area contributed by atoms with Crippen molar-refractivity contribution in [2.24, 2.45) is 0 Å². The fourth-order valence-corrected chi connectivity index (χ4v) is 1.86. The molecule has 4 heteroatoms. The van der Waals surface area contributed by atoms with E-state index in [1.807, 2.05) is 20.9 Å². The van der Waals surface area contributed by atoms with Crippen molar-refractivity contribution in [1.29, 1.82) is 0 Å². The summed E-state index contributed by atoms with van der Waals surface area (Å²) in [4.78, 5) is 25.5. The molecule has 90 valence electrons. The number of rotatable bonds is 3. The zero-order valence-electron chi connectivity index (χ0n) is 10.3. The summed E-state index contributed by atoms with van der Waals surface area (Å²) in [5, 5.41) is 3.09. The molecule has 1 aliphatic heterocycles. The molecular weight excluding hydrogens is 216 g/mol. The third kappa shape index (κ3) is 1.96. The van der Waals surface area contributed by atoms with Crippen molar-refractivity contribution in [1.82, 2.24) is 10.2 Å². The second kappa shape index (κ2) is 3.96. The van der Waals surface area contributed by atoms with Crippen LogP contribution in [0, 0.1) is 0 Å². The van der Waals surface area contributed by atoms with Crippen LogP contribution in [0.25, 0.3) is 0 Å². The molecular formula is C13H16N2O2. The second-order valence-corrected chi connectivity index (χ2v) is 4.88. The maximum atomic E-state index is 12.1. The smallest absolute Gasteiger partial charge is 0.261 e. The molecule has 4 nitrogen and oxygen atoms in total. The van der Waals surface area contributed by atoms with Crippen molar-refractivity contribution < 1.29 is 9.59 Å². The summed E-state index contributed by atoms with van der Waals surface area (Å²) in [6, 6.07) is 6.94. The summed E-state index contributed by atoms with van der Waals surface area (Å²) < 4.78 is 0. The Morgan fingerprint density at radius 3 is 2.00 bits per heavy atom. The maximum Gasteiger partial charge on any atom is 0.261 e. The number of likely N-dealkylation sites (N-methyl/N-ethyl adjacent to an activating group) is 1. The first kappa shape index (κ1) is 11.8. The number of carbonyl (C=O) groups excluding carboxylic acids is 2. The zero-order valence-corrected chi connectivity index (χ0v) is 10.3. The van der Waals surface area contributed by atoms with E-state index in [0.29, 0.717) is 17.7 Å². The molecule has 1 aromatic rings. The average Bonchev–Trinajstić information content (AvgIpc) is 2.55. The van der Waals surface area contributed by atoms with Gasteiger partial charge in [-0.2, -0.15) is 0 Å². The molecule has 0 bridgehead atoms. The molecule has 1 aromatic carbocycles. The summed E-state index contributed by atoms with van der Waals surface area (Å²) in [5.74, 6) is -0.400. The minimum atomic E-state index is -0.284. The predicted octanol–water partition coefficient (Wildman–Crippen LogP) is 1.28. The standard InChI is InChI=1S/C13H16N2O2/c1-13(2,14-3)8-15-11(16)9-6-4-5-7-10(9)12(15)17/h4-7,14H,8H2,1-3H3. The Kier molecular flexibility index (Phi) is 2.75. The molecule has 1 aliphatic rings. The minimum Gasteiger partial charge on any atom is -0.313 e. The Labute approximate surface area is 101 Å². The van der Waals surface area contributed by atoms with Crippen molar-refractivity contribution in [3.63, 3.8) is 0 Å². The summed E-state index contributed by atoms with van der Waals surface area (Å²) in [6.45, 7) is 4.28. The van der Waals surface area contributed by atoms with Crippen molar-refractivity contribution in [3.05, 3.63) is 35.4 Å². The van der Waals surface area contributed by atoms with Gasteiger partial charge in [0, 0.05) is 12.1 Å². The molecule has 1 heterocycles. The van der Waals surface area contributed by atoms with Gasteiger partial charge in [-0.3, -0.25) is 14.5 Å². The molecule has 0 radical (unpaired) electrons.